The number of carbonyl (C=O) groups is 3. The maximum Gasteiger partial charge on any atom is 0.407 e. The number of hydrogen-bond acceptors (Lipinski definition) is 5. The summed E-state index contributed by atoms with van der Waals surface area (Å²) in [5.41, 5.74) is 1.84. The Bertz CT molecular complexity index is 638. The highest BCUT2D eigenvalue weighted by Gasteiger charge is 2.26. The van der Waals surface area contributed by atoms with E-state index in [1.807, 2.05) is 24.3 Å². The summed E-state index contributed by atoms with van der Waals surface area (Å²) in [5.74, 6) is -0.519. The summed E-state index contributed by atoms with van der Waals surface area (Å²) in [6.45, 7) is 2.30. The number of benzene rings is 1. The van der Waals surface area contributed by atoms with Crippen LogP contribution in [-0.2, 0) is 9.59 Å². The van der Waals surface area contributed by atoms with E-state index in [1.54, 1.807) is 0 Å². The zero-order valence-corrected chi connectivity index (χ0v) is 13.2. The molecule has 0 bridgehead atoms. The Morgan fingerprint density at radius 3 is 2.38 bits per heavy atom. The molecular formula is C16H20N4O4. The number of rotatable bonds is 3. The third-order valence-electron chi connectivity index (χ3n) is 4.36. The maximum atomic E-state index is 11.8. The van der Waals surface area contributed by atoms with Crippen molar-refractivity contribution in [3.63, 3.8) is 0 Å². The summed E-state index contributed by atoms with van der Waals surface area (Å²) in [6.07, 6.45) is -0.0442. The fourth-order valence-electron chi connectivity index (χ4n) is 2.96. The van der Waals surface area contributed by atoms with Crippen molar-refractivity contribution in [2.45, 2.75) is 18.9 Å². The van der Waals surface area contributed by atoms with Crippen molar-refractivity contribution in [2.24, 2.45) is 0 Å². The van der Waals surface area contributed by atoms with E-state index in [1.165, 1.54) is 4.90 Å². The lowest BCUT2D eigenvalue weighted by atomic mass is 10.1. The Labute approximate surface area is 139 Å². The molecule has 8 nitrogen and oxygen atoms in total. The Hall–Kier alpha value is -2.77. The monoisotopic (exact) mass is 332 g/mol. The van der Waals surface area contributed by atoms with Crippen molar-refractivity contribution in [1.82, 2.24) is 10.2 Å². The molecule has 1 atom stereocenters. The molecule has 128 valence electrons. The normalized spacial score (nSPS) is 21.4. The lowest BCUT2D eigenvalue weighted by Crippen LogP contribution is -2.48. The van der Waals surface area contributed by atoms with Crippen LogP contribution in [0.3, 0.4) is 0 Å². The number of amides is 3. The second-order valence-electron chi connectivity index (χ2n) is 5.95. The summed E-state index contributed by atoms with van der Waals surface area (Å²) in [7, 11) is 0. The summed E-state index contributed by atoms with van der Waals surface area (Å²) >= 11 is 0. The van der Waals surface area contributed by atoms with E-state index in [-0.39, 0.29) is 11.8 Å². The molecule has 2 fully saturated rings. The van der Waals surface area contributed by atoms with Gasteiger partial charge in [0, 0.05) is 44.0 Å². The van der Waals surface area contributed by atoms with Crippen LogP contribution in [0.5, 0.6) is 0 Å². The molecule has 0 aliphatic carbocycles. The number of anilines is 2. The number of imide groups is 1. The Morgan fingerprint density at radius 1 is 1.12 bits per heavy atom. The lowest BCUT2D eigenvalue weighted by Gasteiger charge is -2.34. The first-order valence-electron chi connectivity index (χ1n) is 7.96. The third-order valence-corrected chi connectivity index (χ3v) is 4.36. The highest BCUT2D eigenvalue weighted by Crippen LogP contribution is 2.21. The van der Waals surface area contributed by atoms with Crippen LogP contribution >= 0.6 is 0 Å². The summed E-state index contributed by atoms with van der Waals surface area (Å²) < 4.78 is 0. The molecule has 1 aromatic rings. The minimum Gasteiger partial charge on any atom is -0.465 e. The van der Waals surface area contributed by atoms with Gasteiger partial charge >= 0.3 is 6.09 Å². The largest absolute Gasteiger partial charge is 0.465 e. The molecule has 3 N–H and O–H groups in total. The Morgan fingerprint density at radius 2 is 1.79 bits per heavy atom. The van der Waals surface area contributed by atoms with Gasteiger partial charge < -0.3 is 20.2 Å². The van der Waals surface area contributed by atoms with Gasteiger partial charge in [0.25, 0.3) is 0 Å². The molecule has 3 amide bonds. The highest BCUT2D eigenvalue weighted by atomic mass is 16.4. The average Bonchev–Trinajstić information content (AvgIpc) is 2.58. The standard InChI is InChI=1S/C16H20N4O4/c21-14-6-5-13(15(22)18-14)17-11-1-3-12(4-2-11)19-7-9-20(10-8-19)16(23)24/h1-4,13,17H,5-10H2,(H,23,24)(H,18,21,22). The number of nitrogens with zero attached hydrogens (tertiary/aromatic N) is 2. The molecule has 1 aromatic carbocycles. The molecule has 2 aliphatic rings. The van der Waals surface area contributed by atoms with Crippen LogP contribution in [0.15, 0.2) is 24.3 Å². The van der Waals surface area contributed by atoms with Crippen LogP contribution in [0.25, 0.3) is 0 Å². The first kappa shape index (κ1) is 16.1. The van der Waals surface area contributed by atoms with Gasteiger partial charge in [0.15, 0.2) is 0 Å². The molecule has 8 heteroatoms. The number of nitrogens with one attached hydrogen (secondary N) is 2. The molecule has 3 rings (SSSR count). The van der Waals surface area contributed by atoms with Gasteiger partial charge in [0.1, 0.15) is 6.04 Å². The van der Waals surface area contributed by atoms with E-state index < -0.39 is 12.1 Å². The zero-order valence-electron chi connectivity index (χ0n) is 13.2. The van der Waals surface area contributed by atoms with Crippen LogP contribution in [0.1, 0.15) is 12.8 Å². The fraction of sp³-hybridized carbons (Fsp3) is 0.438. The summed E-state index contributed by atoms with van der Waals surface area (Å²) in [5, 5.41) is 14.4. The summed E-state index contributed by atoms with van der Waals surface area (Å²) in [4.78, 5) is 37.4. The maximum absolute atomic E-state index is 11.8. The molecule has 0 spiro atoms. The van der Waals surface area contributed by atoms with Crippen molar-refractivity contribution in [1.29, 1.82) is 0 Å². The predicted octanol–water partition coefficient (Wildman–Crippen LogP) is 0.704. The van der Waals surface area contributed by atoms with Crippen molar-refractivity contribution in [2.75, 3.05) is 36.4 Å². The van der Waals surface area contributed by atoms with E-state index in [0.717, 1.165) is 11.4 Å². The molecule has 0 saturated carbocycles. The first-order valence-corrected chi connectivity index (χ1v) is 7.96. The number of hydrogen-bond donors (Lipinski definition) is 3. The minimum absolute atomic E-state index is 0.228. The smallest absolute Gasteiger partial charge is 0.407 e. The van der Waals surface area contributed by atoms with Gasteiger partial charge in [-0.2, -0.15) is 0 Å². The number of carboxylic acid groups (broad SMARTS) is 1. The average molecular weight is 332 g/mol. The van der Waals surface area contributed by atoms with Crippen molar-refractivity contribution >= 4 is 29.3 Å². The summed E-state index contributed by atoms with van der Waals surface area (Å²) in [6, 6.07) is 7.29. The molecule has 2 heterocycles. The first-order chi connectivity index (χ1) is 11.5. The van der Waals surface area contributed by atoms with Crippen molar-refractivity contribution in [3.8, 4) is 0 Å². The van der Waals surface area contributed by atoms with E-state index >= 15 is 0 Å². The van der Waals surface area contributed by atoms with Gasteiger partial charge in [-0.25, -0.2) is 4.79 Å². The molecule has 24 heavy (non-hydrogen) atoms. The molecule has 2 saturated heterocycles. The van der Waals surface area contributed by atoms with Gasteiger partial charge in [-0.15, -0.1) is 0 Å². The van der Waals surface area contributed by atoms with Crippen LogP contribution in [0, 0.1) is 0 Å². The number of piperazine rings is 1. The van der Waals surface area contributed by atoms with E-state index in [9.17, 15) is 14.4 Å². The Kier molecular flexibility index (Phi) is 4.54. The zero-order chi connectivity index (χ0) is 17.1. The van der Waals surface area contributed by atoms with Gasteiger partial charge in [0.05, 0.1) is 0 Å². The van der Waals surface area contributed by atoms with Gasteiger partial charge in [0.2, 0.25) is 11.8 Å². The second kappa shape index (κ2) is 6.77. The SMILES string of the molecule is O=C1CCC(Nc2ccc(N3CCN(C(=O)O)CC3)cc2)C(=O)N1. The van der Waals surface area contributed by atoms with E-state index in [2.05, 4.69) is 15.5 Å². The molecular weight excluding hydrogens is 312 g/mol. The van der Waals surface area contributed by atoms with Gasteiger partial charge in [-0.3, -0.25) is 14.9 Å². The Balaban J connectivity index is 1.57. The molecule has 2 aliphatic heterocycles. The molecule has 0 aromatic heterocycles. The van der Waals surface area contributed by atoms with Crippen molar-refractivity contribution in [3.05, 3.63) is 24.3 Å². The molecule has 1 unspecified atom stereocenters. The number of carbonyl (C=O) groups excluding carboxylic acids is 2. The minimum atomic E-state index is -0.876. The van der Waals surface area contributed by atoms with Crippen LogP contribution < -0.4 is 15.5 Å². The second-order valence-corrected chi connectivity index (χ2v) is 5.95. The fourth-order valence-corrected chi connectivity index (χ4v) is 2.96. The van der Waals surface area contributed by atoms with Crippen LogP contribution in [0.4, 0.5) is 16.2 Å². The van der Waals surface area contributed by atoms with Gasteiger partial charge in [-0.1, -0.05) is 0 Å². The van der Waals surface area contributed by atoms with E-state index in [4.69, 9.17) is 5.11 Å². The van der Waals surface area contributed by atoms with Gasteiger partial charge in [-0.05, 0) is 30.7 Å². The predicted molar refractivity (Wildman–Crippen MR) is 88.0 cm³/mol. The van der Waals surface area contributed by atoms with E-state index in [0.29, 0.717) is 39.0 Å². The molecule has 0 radical (unpaired) electrons. The quantitative estimate of drug-likeness (QED) is 0.705. The third kappa shape index (κ3) is 3.58. The van der Waals surface area contributed by atoms with Crippen LogP contribution in [0.2, 0.25) is 0 Å². The van der Waals surface area contributed by atoms with Crippen molar-refractivity contribution < 1.29 is 19.5 Å². The highest BCUT2D eigenvalue weighted by molar-refractivity contribution is 6.01. The van der Waals surface area contributed by atoms with Crippen LogP contribution in [-0.4, -0.2) is 60.1 Å². The lowest BCUT2D eigenvalue weighted by molar-refractivity contribution is -0.133. The topological polar surface area (TPSA) is 102 Å². The number of piperidine rings is 1.